The highest BCUT2D eigenvalue weighted by Crippen LogP contribution is 2.42. The first kappa shape index (κ1) is 16.7. The summed E-state index contributed by atoms with van der Waals surface area (Å²) in [7, 11) is -2.16. The van der Waals surface area contributed by atoms with Gasteiger partial charge in [-0.3, -0.25) is 0 Å². The molecule has 0 aromatic heterocycles. The molecule has 0 aromatic rings. The molecule has 5 nitrogen and oxygen atoms in total. The number of rotatable bonds is 3. The van der Waals surface area contributed by atoms with Crippen LogP contribution in [0.25, 0.3) is 0 Å². The van der Waals surface area contributed by atoms with Crippen molar-refractivity contribution in [2.24, 2.45) is 5.92 Å². The summed E-state index contributed by atoms with van der Waals surface area (Å²) in [5.74, 6) is -0.344. The van der Waals surface area contributed by atoms with Gasteiger partial charge in [0.2, 0.25) is 0 Å². The Bertz CT molecular complexity index is 412. The lowest BCUT2D eigenvalue weighted by molar-refractivity contribution is -0.0571. The van der Waals surface area contributed by atoms with Crippen molar-refractivity contribution >= 4 is 14.4 Å². The number of nitrogens with one attached hydrogen (secondary N) is 1. The van der Waals surface area contributed by atoms with E-state index in [1.54, 1.807) is 0 Å². The van der Waals surface area contributed by atoms with E-state index in [0.717, 1.165) is 0 Å². The van der Waals surface area contributed by atoms with Gasteiger partial charge in [-0.05, 0) is 24.6 Å². The Balaban J connectivity index is 2.19. The maximum absolute atomic E-state index is 14.8. The van der Waals surface area contributed by atoms with Gasteiger partial charge in [-0.2, -0.15) is 0 Å². The van der Waals surface area contributed by atoms with Gasteiger partial charge in [0.15, 0.2) is 8.32 Å². The zero-order chi connectivity index (χ0) is 16.0. The first-order valence-electron chi connectivity index (χ1n) is 7.46. The molecule has 5 atom stereocenters. The third-order valence-corrected chi connectivity index (χ3v) is 9.55. The number of hydrogen-bond donors (Lipinski definition) is 2. The summed E-state index contributed by atoms with van der Waals surface area (Å²) in [5.41, 5.74) is 0. The normalized spacial score (nSPS) is 36.9. The Morgan fingerprint density at radius 3 is 2.62 bits per heavy atom. The van der Waals surface area contributed by atoms with Crippen molar-refractivity contribution in [2.75, 3.05) is 6.61 Å². The van der Waals surface area contributed by atoms with Gasteiger partial charge >= 0.3 is 6.09 Å². The molecule has 1 heterocycles. The Morgan fingerprint density at radius 2 is 2.10 bits per heavy atom. The van der Waals surface area contributed by atoms with Crippen molar-refractivity contribution in [3.8, 4) is 0 Å². The SMILES string of the molecule is CC(C)(C)[Si](C)(C)O[C@@H]1[C@@H](CO)C[C@@H]2OC(=O)N[C@@H]2[C@@H]1F. The second-order valence-corrected chi connectivity index (χ2v) is 12.3. The Labute approximate surface area is 126 Å². The number of ether oxygens (including phenoxy) is 1. The number of halogens is 1. The second-order valence-electron chi connectivity index (χ2n) is 7.58. The van der Waals surface area contributed by atoms with Crippen LogP contribution in [0.15, 0.2) is 0 Å². The standard InChI is InChI=1S/C14H26FNO4Si/c1-14(2,3)21(4,5)20-12-8(7-17)6-9-11(10(12)15)16-13(18)19-9/h8-12,17H,6-7H2,1-5H3,(H,16,18)/t8-,9+,10+,11+,12-/m1/s1. The van der Waals surface area contributed by atoms with E-state index in [0.29, 0.717) is 6.42 Å². The summed E-state index contributed by atoms with van der Waals surface area (Å²) in [6.07, 6.45) is -2.72. The zero-order valence-corrected chi connectivity index (χ0v) is 14.4. The highest BCUT2D eigenvalue weighted by molar-refractivity contribution is 6.74. The molecule has 0 aromatic carbocycles. The number of hydrogen-bond acceptors (Lipinski definition) is 4. The first-order chi connectivity index (χ1) is 9.56. The smallest absolute Gasteiger partial charge is 0.407 e. The molecule has 1 saturated carbocycles. The van der Waals surface area contributed by atoms with Crippen LogP contribution < -0.4 is 5.32 Å². The number of amides is 1. The van der Waals surface area contributed by atoms with Crippen LogP contribution in [0.4, 0.5) is 9.18 Å². The van der Waals surface area contributed by atoms with Crippen LogP contribution in [0, 0.1) is 5.92 Å². The number of aliphatic hydroxyl groups excluding tert-OH is 1. The molecular formula is C14H26FNO4Si. The molecule has 2 rings (SSSR count). The third kappa shape index (κ3) is 3.09. The van der Waals surface area contributed by atoms with Crippen LogP contribution in [-0.4, -0.2) is 50.5 Å². The van der Waals surface area contributed by atoms with E-state index in [2.05, 4.69) is 39.2 Å². The van der Waals surface area contributed by atoms with Crippen LogP contribution in [0.2, 0.25) is 18.1 Å². The van der Waals surface area contributed by atoms with Crippen molar-refractivity contribution in [1.82, 2.24) is 5.32 Å². The molecule has 1 amide bonds. The molecule has 21 heavy (non-hydrogen) atoms. The Kier molecular flexibility index (Phi) is 4.39. The maximum atomic E-state index is 14.8. The van der Waals surface area contributed by atoms with Gasteiger partial charge in [-0.1, -0.05) is 20.8 Å². The molecule has 1 aliphatic heterocycles. The lowest BCUT2D eigenvalue weighted by Gasteiger charge is -2.45. The molecule has 1 saturated heterocycles. The molecule has 0 bridgehead atoms. The molecule has 0 radical (unpaired) electrons. The van der Waals surface area contributed by atoms with Gasteiger partial charge in [0.1, 0.15) is 18.3 Å². The monoisotopic (exact) mass is 319 g/mol. The maximum Gasteiger partial charge on any atom is 0.407 e. The van der Waals surface area contributed by atoms with Crippen LogP contribution in [0.5, 0.6) is 0 Å². The van der Waals surface area contributed by atoms with E-state index in [1.807, 2.05) is 0 Å². The quantitative estimate of drug-likeness (QED) is 0.783. The molecule has 2 aliphatic rings. The molecule has 7 heteroatoms. The minimum absolute atomic E-state index is 0.0427. The molecule has 1 aliphatic carbocycles. The minimum Gasteiger partial charge on any atom is -0.444 e. The largest absolute Gasteiger partial charge is 0.444 e. The number of alkyl carbamates (subject to hydrolysis) is 1. The van der Waals surface area contributed by atoms with E-state index < -0.39 is 38.8 Å². The van der Waals surface area contributed by atoms with Crippen molar-refractivity contribution < 1.29 is 23.5 Å². The highest BCUT2D eigenvalue weighted by Gasteiger charge is 2.53. The van der Waals surface area contributed by atoms with Crippen molar-refractivity contribution in [3.63, 3.8) is 0 Å². The Morgan fingerprint density at radius 1 is 1.48 bits per heavy atom. The van der Waals surface area contributed by atoms with Gasteiger partial charge in [0.05, 0.1) is 6.10 Å². The topological polar surface area (TPSA) is 67.8 Å². The summed E-state index contributed by atoms with van der Waals surface area (Å²) in [6.45, 7) is 10.2. The number of carbonyl (C=O) groups is 1. The number of aliphatic hydroxyl groups is 1. The van der Waals surface area contributed by atoms with Gasteiger partial charge < -0.3 is 19.6 Å². The third-order valence-electron chi connectivity index (χ3n) is 5.07. The summed E-state index contributed by atoms with van der Waals surface area (Å²) in [4.78, 5) is 11.3. The molecule has 2 fully saturated rings. The van der Waals surface area contributed by atoms with Crippen LogP contribution in [0.1, 0.15) is 27.2 Å². The van der Waals surface area contributed by atoms with Gasteiger partial charge in [0, 0.05) is 12.5 Å². The summed E-state index contributed by atoms with van der Waals surface area (Å²) in [6, 6.07) is -0.671. The number of fused-ring (bicyclic) bond motifs is 1. The van der Waals surface area contributed by atoms with E-state index in [9.17, 15) is 14.3 Å². The number of alkyl halides is 1. The van der Waals surface area contributed by atoms with Crippen molar-refractivity contribution in [3.05, 3.63) is 0 Å². The fourth-order valence-corrected chi connectivity index (χ4v) is 4.06. The number of carbonyl (C=O) groups excluding carboxylic acids is 1. The van der Waals surface area contributed by atoms with Gasteiger partial charge in [0.25, 0.3) is 0 Å². The van der Waals surface area contributed by atoms with Crippen LogP contribution in [-0.2, 0) is 9.16 Å². The van der Waals surface area contributed by atoms with Crippen LogP contribution in [0.3, 0.4) is 0 Å². The molecule has 122 valence electrons. The van der Waals surface area contributed by atoms with E-state index >= 15 is 0 Å². The molecule has 0 spiro atoms. The lowest BCUT2D eigenvalue weighted by Crippen LogP contribution is -2.59. The molecule has 0 unspecified atom stereocenters. The van der Waals surface area contributed by atoms with Crippen LogP contribution >= 0.6 is 0 Å². The van der Waals surface area contributed by atoms with Gasteiger partial charge in [-0.25, -0.2) is 9.18 Å². The van der Waals surface area contributed by atoms with E-state index in [4.69, 9.17) is 9.16 Å². The highest BCUT2D eigenvalue weighted by atomic mass is 28.4. The summed E-state index contributed by atoms with van der Waals surface area (Å²) in [5, 5.41) is 12.1. The summed E-state index contributed by atoms with van der Waals surface area (Å²) < 4.78 is 26.1. The van der Waals surface area contributed by atoms with Gasteiger partial charge in [-0.15, -0.1) is 0 Å². The van der Waals surface area contributed by atoms with Crippen molar-refractivity contribution in [1.29, 1.82) is 0 Å². The predicted octanol–water partition coefficient (Wildman–Crippen LogP) is 2.20. The molecule has 2 N–H and O–H groups in total. The summed E-state index contributed by atoms with van der Waals surface area (Å²) >= 11 is 0. The average Bonchev–Trinajstić information content (AvgIpc) is 2.72. The van der Waals surface area contributed by atoms with E-state index in [-0.39, 0.29) is 17.6 Å². The Hall–Kier alpha value is -0.663. The second kappa shape index (κ2) is 5.51. The average molecular weight is 319 g/mol. The first-order valence-corrected chi connectivity index (χ1v) is 10.4. The van der Waals surface area contributed by atoms with Crippen molar-refractivity contribution in [2.45, 2.75) is 69.7 Å². The lowest BCUT2D eigenvalue weighted by atomic mass is 9.81. The fraction of sp³-hybridized carbons (Fsp3) is 0.929. The fourth-order valence-electron chi connectivity index (χ4n) is 2.71. The van der Waals surface area contributed by atoms with E-state index in [1.165, 1.54) is 0 Å². The zero-order valence-electron chi connectivity index (χ0n) is 13.4. The predicted molar refractivity (Wildman–Crippen MR) is 79.4 cm³/mol. The minimum atomic E-state index is -2.16. The molecular weight excluding hydrogens is 293 g/mol.